The summed E-state index contributed by atoms with van der Waals surface area (Å²) >= 11 is 0. The average Bonchev–Trinajstić information content (AvgIpc) is 3.20. The zero-order chi connectivity index (χ0) is 23.8. The Kier molecular flexibility index (Phi) is 6.02. The number of anilines is 1. The molecule has 1 amide bonds. The summed E-state index contributed by atoms with van der Waals surface area (Å²) in [7, 11) is 0. The van der Waals surface area contributed by atoms with E-state index in [9.17, 15) is 31.9 Å². The standard InChI is InChI=1S/C21H19F4N5O3/c22-17-15(27-18(31)13-5-6-29(10-13)11-21(23,24)25)7-12(8-26-17)9-30-16-4-2-1-3-14(16)19(32)28-20(30)33/h1-4,7-8,13H,5-6,9-11H2,(H,27,31)(H,28,32,33)/t13-/m0/s1. The Bertz CT molecular complexity index is 1320. The Hall–Kier alpha value is -3.54. The molecule has 3 aromatic rings. The SMILES string of the molecule is O=C(Nc1cc(Cn2c(=O)[nH]c(=O)c3ccccc32)cnc1F)[C@H]1CCN(CC(F)(F)F)C1. The molecule has 174 valence electrons. The van der Waals surface area contributed by atoms with Gasteiger partial charge in [-0.2, -0.15) is 17.6 Å². The maximum Gasteiger partial charge on any atom is 0.401 e. The summed E-state index contributed by atoms with van der Waals surface area (Å²) < 4.78 is 53.2. The number of para-hydroxylation sites is 1. The zero-order valence-electron chi connectivity index (χ0n) is 17.2. The number of rotatable bonds is 5. The molecule has 0 radical (unpaired) electrons. The van der Waals surface area contributed by atoms with Gasteiger partial charge in [-0.3, -0.25) is 24.0 Å². The molecule has 0 bridgehead atoms. The van der Waals surface area contributed by atoms with Crippen LogP contribution in [0.5, 0.6) is 0 Å². The summed E-state index contributed by atoms with van der Waals surface area (Å²) in [6.45, 7) is -1.14. The van der Waals surface area contributed by atoms with Crippen molar-refractivity contribution in [2.24, 2.45) is 5.92 Å². The van der Waals surface area contributed by atoms with Crippen LogP contribution in [0.3, 0.4) is 0 Å². The second-order valence-electron chi connectivity index (χ2n) is 7.87. The Labute approximate surface area is 183 Å². The minimum absolute atomic E-state index is 0.0605. The van der Waals surface area contributed by atoms with Crippen molar-refractivity contribution in [2.75, 3.05) is 25.0 Å². The van der Waals surface area contributed by atoms with Crippen molar-refractivity contribution in [3.8, 4) is 0 Å². The van der Waals surface area contributed by atoms with Crippen LogP contribution >= 0.6 is 0 Å². The number of carbonyl (C=O) groups excluding carboxylic acids is 1. The number of fused-ring (bicyclic) bond motifs is 1. The van der Waals surface area contributed by atoms with Crippen LogP contribution in [0.2, 0.25) is 0 Å². The fourth-order valence-corrected chi connectivity index (χ4v) is 3.93. The van der Waals surface area contributed by atoms with Crippen molar-refractivity contribution in [3.63, 3.8) is 0 Å². The van der Waals surface area contributed by atoms with E-state index in [0.717, 1.165) is 4.90 Å². The first-order valence-corrected chi connectivity index (χ1v) is 10.1. The number of halogens is 4. The summed E-state index contributed by atoms with van der Waals surface area (Å²) in [5.41, 5.74) is -0.695. The van der Waals surface area contributed by atoms with Gasteiger partial charge in [-0.25, -0.2) is 9.78 Å². The molecule has 0 unspecified atom stereocenters. The molecule has 1 aliphatic heterocycles. The first-order chi connectivity index (χ1) is 15.6. The number of H-pyrrole nitrogens is 1. The first-order valence-electron chi connectivity index (χ1n) is 10.1. The Morgan fingerprint density at radius 2 is 2.00 bits per heavy atom. The zero-order valence-corrected chi connectivity index (χ0v) is 17.2. The number of hydrogen-bond acceptors (Lipinski definition) is 5. The van der Waals surface area contributed by atoms with Gasteiger partial charge in [0.2, 0.25) is 11.9 Å². The largest absolute Gasteiger partial charge is 0.401 e. The van der Waals surface area contributed by atoms with Crippen molar-refractivity contribution < 1.29 is 22.4 Å². The maximum absolute atomic E-state index is 14.2. The van der Waals surface area contributed by atoms with Crippen molar-refractivity contribution in [2.45, 2.75) is 19.1 Å². The molecule has 0 aliphatic carbocycles. The Morgan fingerprint density at radius 1 is 1.24 bits per heavy atom. The third-order valence-electron chi connectivity index (χ3n) is 5.45. The van der Waals surface area contributed by atoms with Gasteiger partial charge in [-0.1, -0.05) is 12.1 Å². The van der Waals surface area contributed by atoms with Crippen LogP contribution < -0.4 is 16.6 Å². The number of pyridine rings is 1. The van der Waals surface area contributed by atoms with E-state index in [1.165, 1.54) is 16.8 Å². The second kappa shape index (κ2) is 8.77. The monoisotopic (exact) mass is 465 g/mol. The van der Waals surface area contributed by atoms with Crippen LogP contribution in [0, 0.1) is 11.9 Å². The molecule has 3 heterocycles. The van der Waals surface area contributed by atoms with Crippen molar-refractivity contribution in [3.05, 3.63) is 68.9 Å². The maximum atomic E-state index is 14.2. The summed E-state index contributed by atoms with van der Waals surface area (Å²) in [5, 5.41) is 2.69. The molecule has 8 nitrogen and oxygen atoms in total. The Balaban J connectivity index is 1.53. The molecule has 0 saturated carbocycles. The van der Waals surface area contributed by atoms with E-state index in [0.29, 0.717) is 16.5 Å². The van der Waals surface area contributed by atoms with Gasteiger partial charge >= 0.3 is 11.9 Å². The van der Waals surface area contributed by atoms with E-state index in [2.05, 4.69) is 15.3 Å². The second-order valence-corrected chi connectivity index (χ2v) is 7.87. The Morgan fingerprint density at radius 3 is 2.76 bits per heavy atom. The lowest BCUT2D eigenvalue weighted by Gasteiger charge is -2.17. The molecule has 1 aliphatic rings. The summed E-state index contributed by atoms with van der Waals surface area (Å²) in [5.74, 6) is -2.29. The molecule has 4 rings (SSSR count). The predicted molar refractivity (Wildman–Crippen MR) is 111 cm³/mol. The average molecular weight is 465 g/mol. The lowest BCUT2D eigenvalue weighted by Crippen LogP contribution is -2.34. The van der Waals surface area contributed by atoms with Gasteiger partial charge in [-0.15, -0.1) is 0 Å². The molecule has 1 atom stereocenters. The van der Waals surface area contributed by atoms with Crippen LogP contribution in [0.25, 0.3) is 10.9 Å². The van der Waals surface area contributed by atoms with E-state index in [1.807, 2.05) is 0 Å². The number of nitrogens with zero attached hydrogens (tertiary/aromatic N) is 3. The summed E-state index contributed by atoms with van der Waals surface area (Å²) in [6.07, 6.45) is -2.95. The fourth-order valence-electron chi connectivity index (χ4n) is 3.93. The summed E-state index contributed by atoms with van der Waals surface area (Å²) in [4.78, 5) is 43.8. The predicted octanol–water partition coefficient (Wildman–Crippen LogP) is 2.09. The molecule has 0 spiro atoms. The summed E-state index contributed by atoms with van der Waals surface area (Å²) in [6, 6.07) is 7.77. The van der Waals surface area contributed by atoms with Crippen LogP contribution in [0.1, 0.15) is 12.0 Å². The van der Waals surface area contributed by atoms with Crippen LogP contribution in [-0.2, 0) is 11.3 Å². The van der Waals surface area contributed by atoms with Crippen molar-refractivity contribution >= 4 is 22.5 Å². The highest BCUT2D eigenvalue weighted by Crippen LogP contribution is 2.24. The van der Waals surface area contributed by atoms with E-state index < -0.39 is 41.7 Å². The lowest BCUT2D eigenvalue weighted by atomic mass is 10.1. The number of benzene rings is 1. The van der Waals surface area contributed by atoms with E-state index in [4.69, 9.17) is 0 Å². The molecule has 1 fully saturated rings. The number of alkyl halides is 3. The fraction of sp³-hybridized carbons (Fsp3) is 0.333. The smallest absolute Gasteiger partial charge is 0.322 e. The number of nitrogens with one attached hydrogen (secondary N) is 2. The van der Waals surface area contributed by atoms with Crippen molar-refractivity contribution in [1.29, 1.82) is 0 Å². The van der Waals surface area contributed by atoms with Gasteiger partial charge < -0.3 is 5.32 Å². The van der Waals surface area contributed by atoms with Crippen LogP contribution in [-0.4, -0.2) is 51.2 Å². The quantitative estimate of drug-likeness (QED) is 0.444. The number of likely N-dealkylation sites (tertiary alicyclic amines) is 1. The van der Waals surface area contributed by atoms with E-state index in [1.54, 1.807) is 24.3 Å². The molecule has 33 heavy (non-hydrogen) atoms. The highest BCUT2D eigenvalue weighted by Gasteiger charge is 2.36. The molecule has 1 aromatic carbocycles. The minimum Gasteiger partial charge on any atom is -0.322 e. The minimum atomic E-state index is -4.36. The number of amides is 1. The van der Waals surface area contributed by atoms with Crippen LogP contribution in [0.4, 0.5) is 23.2 Å². The van der Waals surface area contributed by atoms with Gasteiger partial charge in [0.1, 0.15) is 0 Å². The van der Waals surface area contributed by atoms with Gasteiger partial charge in [0, 0.05) is 12.7 Å². The third-order valence-corrected chi connectivity index (χ3v) is 5.45. The number of hydrogen-bond donors (Lipinski definition) is 2. The number of carbonyl (C=O) groups is 1. The van der Waals surface area contributed by atoms with Gasteiger partial charge in [0.25, 0.3) is 5.56 Å². The van der Waals surface area contributed by atoms with Gasteiger partial charge in [0.15, 0.2) is 0 Å². The molecular weight excluding hydrogens is 446 g/mol. The first kappa shape index (κ1) is 22.6. The molecule has 2 N–H and O–H groups in total. The van der Waals surface area contributed by atoms with Gasteiger partial charge in [0.05, 0.1) is 35.6 Å². The lowest BCUT2D eigenvalue weighted by molar-refractivity contribution is -0.144. The van der Waals surface area contributed by atoms with E-state index in [-0.39, 0.29) is 31.7 Å². The normalized spacial score (nSPS) is 16.9. The van der Waals surface area contributed by atoms with Crippen molar-refractivity contribution in [1.82, 2.24) is 19.4 Å². The topological polar surface area (TPSA) is 100 Å². The highest BCUT2D eigenvalue weighted by atomic mass is 19.4. The number of aromatic nitrogens is 3. The molecule has 12 heteroatoms. The van der Waals surface area contributed by atoms with Crippen LogP contribution in [0.15, 0.2) is 46.1 Å². The third kappa shape index (κ3) is 5.11. The molecule has 2 aromatic heterocycles. The molecular formula is C21H19F4N5O3. The van der Waals surface area contributed by atoms with Gasteiger partial charge in [-0.05, 0) is 36.7 Å². The molecule has 1 saturated heterocycles. The highest BCUT2D eigenvalue weighted by molar-refractivity contribution is 5.93. The number of aromatic amines is 1. The van der Waals surface area contributed by atoms with E-state index >= 15 is 0 Å².